The van der Waals surface area contributed by atoms with Gasteiger partial charge in [-0.15, -0.1) is 0 Å². The van der Waals surface area contributed by atoms with Crippen molar-refractivity contribution in [1.29, 1.82) is 0 Å². The lowest BCUT2D eigenvalue weighted by molar-refractivity contribution is 1.13. The fourth-order valence-electron chi connectivity index (χ4n) is 1.44. The summed E-state index contributed by atoms with van der Waals surface area (Å²) in [6.45, 7) is 6.16. The summed E-state index contributed by atoms with van der Waals surface area (Å²) in [6, 6.07) is 6.25. The van der Waals surface area contributed by atoms with Crippen LogP contribution in [0.2, 0.25) is 0 Å². The molecule has 1 rings (SSSR count). The lowest BCUT2D eigenvalue weighted by atomic mass is 10.1. The summed E-state index contributed by atoms with van der Waals surface area (Å²) in [4.78, 5) is 0. The van der Waals surface area contributed by atoms with Crippen LogP contribution in [0.5, 0.6) is 0 Å². The third-order valence-corrected chi connectivity index (χ3v) is 2.07. The van der Waals surface area contributed by atoms with Crippen molar-refractivity contribution in [2.75, 3.05) is 24.7 Å². The Morgan fingerprint density at radius 3 is 1.71 bits per heavy atom. The fourth-order valence-corrected chi connectivity index (χ4v) is 1.44. The molecule has 0 bridgehead atoms. The van der Waals surface area contributed by atoms with Crippen LogP contribution >= 0.6 is 0 Å². The zero-order valence-corrected chi connectivity index (χ0v) is 9.94. The summed E-state index contributed by atoms with van der Waals surface area (Å²) in [5.41, 5.74) is 3.77. The number of rotatable bonds is 3. The molecule has 0 fully saturated rings. The van der Waals surface area contributed by atoms with Crippen LogP contribution in [0.3, 0.4) is 0 Å². The van der Waals surface area contributed by atoms with E-state index in [2.05, 4.69) is 35.8 Å². The summed E-state index contributed by atoms with van der Waals surface area (Å²) < 4.78 is 0. The molecule has 2 nitrogen and oxygen atoms in total. The van der Waals surface area contributed by atoms with Gasteiger partial charge in [0.05, 0.1) is 0 Å². The normalized spacial score (nSPS) is 8.64. The molecule has 80 valence electrons. The highest BCUT2D eigenvalue weighted by atomic mass is 14.9. The summed E-state index contributed by atoms with van der Waals surface area (Å²) in [5, 5.41) is 6.36. The molecular weight excluding hydrogens is 172 g/mol. The molecule has 0 spiro atoms. The minimum Gasteiger partial charge on any atom is -0.388 e. The molecule has 0 saturated carbocycles. The first-order valence-corrected chi connectivity index (χ1v) is 5.30. The number of hydrogen-bond acceptors (Lipinski definition) is 2. The lowest BCUT2D eigenvalue weighted by Gasteiger charge is -2.12. The molecule has 1 aromatic carbocycles. The molecule has 2 heteroatoms. The van der Waals surface area contributed by atoms with Crippen LogP contribution in [-0.2, 0) is 6.42 Å². The van der Waals surface area contributed by atoms with E-state index in [-0.39, 0.29) is 0 Å². The molecule has 0 radical (unpaired) electrons. The number of nitrogens with one attached hydrogen (secondary N) is 2. The third-order valence-electron chi connectivity index (χ3n) is 2.07. The molecule has 0 aliphatic heterocycles. The Hall–Kier alpha value is -1.18. The first-order valence-electron chi connectivity index (χ1n) is 5.30. The zero-order valence-electron chi connectivity index (χ0n) is 9.94. The Bertz CT molecular complexity index is 234. The van der Waals surface area contributed by atoms with Gasteiger partial charge in [0.1, 0.15) is 0 Å². The van der Waals surface area contributed by atoms with Crippen molar-refractivity contribution in [1.82, 2.24) is 0 Å². The highest BCUT2D eigenvalue weighted by Crippen LogP contribution is 2.23. The van der Waals surface area contributed by atoms with E-state index in [0.29, 0.717) is 0 Å². The van der Waals surface area contributed by atoms with E-state index in [1.165, 1.54) is 16.9 Å². The topological polar surface area (TPSA) is 24.1 Å². The number of hydrogen-bond donors (Lipinski definition) is 2. The van der Waals surface area contributed by atoms with Crippen molar-refractivity contribution in [3.63, 3.8) is 0 Å². The highest BCUT2D eigenvalue weighted by Gasteiger charge is 2.02. The maximum Gasteiger partial charge on any atom is 0.0390 e. The van der Waals surface area contributed by atoms with Gasteiger partial charge in [0, 0.05) is 25.5 Å². The third kappa shape index (κ3) is 2.95. The second-order valence-corrected chi connectivity index (χ2v) is 2.69. The van der Waals surface area contributed by atoms with E-state index < -0.39 is 0 Å². The van der Waals surface area contributed by atoms with Crippen molar-refractivity contribution >= 4 is 11.4 Å². The molecule has 0 amide bonds. The Labute approximate surface area is 87.7 Å². The monoisotopic (exact) mass is 194 g/mol. The van der Waals surface area contributed by atoms with E-state index >= 15 is 0 Å². The van der Waals surface area contributed by atoms with Crippen molar-refractivity contribution < 1.29 is 0 Å². The van der Waals surface area contributed by atoms with Gasteiger partial charge < -0.3 is 10.6 Å². The number of anilines is 2. The molecule has 1 aromatic rings. The summed E-state index contributed by atoms with van der Waals surface area (Å²) in [5.74, 6) is 0. The fraction of sp³-hybridized carbons (Fsp3) is 0.500. The van der Waals surface area contributed by atoms with Crippen molar-refractivity contribution in [3.8, 4) is 0 Å². The van der Waals surface area contributed by atoms with Crippen molar-refractivity contribution in [3.05, 3.63) is 23.8 Å². The van der Waals surface area contributed by atoms with Gasteiger partial charge in [-0.1, -0.05) is 26.8 Å². The number of benzene rings is 1. The van der Waals surface area contributed by atoms with Gasteiger partial charge in [-0.2, -0.15) is 0 Å². The Kier molecular flexibility index (Phi) is 6.63. The molecular formula is C12H22N2. The predicted molar refractivity (Wildman–Crippen MR) is 66.3 cm³/mol. The van der Waals surface area contributed by atoms with Gasteiger partial charge >= 0.3 is 0 Å². The van der Waals surface area contributed by atoms with Gasteiger partial charge in [0.25, 0.3) is 0 Å². The van der Waals surface area contributed by atoms with E-state index in [1.54, 1.807) is 0 Å². The molecule has 0 aliphatic rings. The minimum absolute atomic E-state index is 1.05. The van der Waals surface area contributed by atoms with Gasteiger partial charge in [0.2, 0.25) is 0 Å². The van der Waals surface area contributed by atoms with Crippen LogP contribution in [0.15, 0.2) is 18.2 Å². The van der Waals surface area contributed by atoms with Crippen LogP contribution in [0.1, 0.15) is 26.3 Å². The molecule has 14 heavy (non-hydrogen) atoms. The summed E-state index contributed by atoms with van der Waals surface area (Å²) >= 11 is 0. The zero-order chi connectivity index (χ0) is 11.0. The Morgan fingerprint density at radius 1 is 1.00 bits per heavy atom. The highest BCUT2D eigenvalue weighted by molar-refractivity contribution is 5.65. The molecule has 0 unspecified atom stereocenters. The standard InChI is InChI=1S/C10H16N2.C2H6/c1-4-8-9(11-2)6-5-7-10(8)12-3;1-2/h5-7,11-12H,4H2,1-3H3;1-2H3. The minimum atomic E-state index is 1.05. The van der Waals surface area contributed by atoms with E-state index in [4.69, 9.17) is 0 Å². The van der Waals surface area contributed by atoms with Crippen LogP contribution < -0.4 is 10.6 Å². The van der Waals surface area contributed by atoms with Crippen molar-refractivity contribution in [2.45, 2.75) is 27.2 Å². The lowest BCUT2D eigenvalue weighted by Crippen LogP contribution is -1.99. The van der Waals surface area contributed by atoms with Gasteiger partial charge in [0.15, 0.2) is 0 Å². The maximum absolute atomic E-state index is 3.18. The largest absolute Gasteiger partial charge is 0.388 e. The smallest absolute Gasteiger partial charge is 0.0390 e. The van der Waals surface area contributed by atoms with Crippen LogP contribution in [0.4, 0.5) is 11.4 Å². The molecule has 0 heterocycles. The maximum atomic E-state index is 3.18. The van der Waals surface area contributed by atoms with Gasteiger partial charge in [-0.05, 0) is 24.1 Å². The van der Waals surface area contributed by atoms with Crippen LogP contribution in [-0.4, -0.2) is 14.1 Å². The average molecular weight is 194 g/mol. The van der Waals surface area contributed by atoms with Gasteiger partial charge in [-0.3, -0.25) is 0 Å². The Balaban J connectivity index is 0.000000791. The first-order chi connectivity index (χ1) is 6.83. The summed E-state index contributed by atoms with van der Waals surface area (Å²) in [6.07, 6.45) is 1.05. The van der Waals surface area contributed by atoms with Crippen LogP contribution in [0.25, 0.3) is 0 Å². The van der Waals surface area contributed by atoms with E-state index in [1.807, 2.05) is 27.9 Å². The Morgan fingerprint density at radius 2 is 1.43 bits per heavy atom. The first kappa shape index (κ1) is 12.8. The molecule has 0 aliphatic carbocycles. The van der Waals surface area contributed by atoms with Crippen molar-refractivity contribution in [2.24, 2.45) is 0 Å². The molecule has 0 saturated heterocycles. The second-order valence-electron chi connectivity index (χ2n) is 2.69. The summed E-state index contributed by atoms with van der Waals surface area (Å²) in [7, 11) is 3.90. The second kappa shape index (κ2) is 7.25. The van der Waals surface area contributed by atoms with Gasteiger partial charge in [-0.25, -0.2) is 0 Å². The van der Waals surface area contributed by atoms with E-state index in [0.717, 1.165) is 6.42 Å². The quantitative estimate of drug-likeness (QED) is 0.771. The SMILES string of the molecule is CC.CCc1c(NC)cccc1NC. The molecule has 0 atom stereocenters. The van der Waals surface area contributed by atoms with Crippen LogP contribution in [0, 0.1) is 0 Å². The average Bonchev–Trinajstić information content (AvgIpc) is 2.30. The molecule has 2 N–H and O–H groups in total. The van der Waals surface area contributed by atoms with E-state index in [9.17, 15) is 0 Å². The predicted octanol–water partition coefficient (Wildman–Crippen LogP) is 3.36. The molecule has 0 aromatic heterocycles.